The van der Waals surface area contributed by atoms with Crippen molar-refractivity contribution in [1.82, 2.24) is 5.32 Å². The highest BCUT2D eigenvalue weighted by Gasteiger charge is 2.40. The fourth-order valence-corrected chi connectivity index (χ4v) is 1.66. The van der Waals surface area contributed by atoms with E-state index in [1.165, 1.54) is 0 Å². The third-order valence-electron chi connectivity index (χ3n) is 2.83. The van der Waals surface area contributed by atoms with E-state index in [1.807, 2.05) is 31.2 Å². The average Bonchev–Trinajstić information content (AvgIpc) is 2.99. The smallest absolute Gasteiger partial charge is 0.251 e. The van der Waals surface area contributed by atoms with E-state index < -0.39 is 0 Å². The molecule has 80 valence electrons. The van der Waals surface area contributed by atoms with Crippen molar-refractivity contribution in [2.24, 2.45) is 5.73 Å². The van der Waals surface area contributed by atoms with Gasteiger partial charge in [-0.25, -0.2) is 0 Å². The van der Waals surface area contributed by atoms with Gasteiger partial charge in [-0.2, -0.15) is 0 Å². The fraction of sp³-hybridized carbons (Fsp3) is 0.417. The molecular formula is C12H16N2O. The summed E-state index contributed by atoms with van der Waals surface area (Å²) in [4.78, 5) is 11.6. The molecule has 1 saturated carbocycles. The lowest BCUT2D eigenvalue weighted by Gasteiger charge is -2.10. The van der Waals surface area contributed by atoms with E-state index in [-0.39, 0.29) is 11.4 Å². The van der Waals surface area contributed by atoms with Crippen LogP contribution in [0.15, 0.2) is 24.3 Å². The molecule has 1 amide bonds. The summed E-state index contributed by atoms with van der Waals surface area (Å²) >= 11 is 0. The zero-order valence-electron chi connectivity index (χ0n) is 8.92. The van der Waals surface area contributed by atoms with E-state index in [2.05, 4.69) is 5.32 Å². The molecule has 2 rings (SSSR count). The number of hydrogen-bond acceptors (Lipinski definition) is 2. The van der Waals surface area contributed by atoms with Crippen LogP contribution >= 0.6 is 0 Å². The molecule has 0 radical (unpaired) electrons. The van der Waals surface area contributed by atoms with Gasteiger partial charge in [0, 0.05) is 17.6 Å². The minimum Gasteiger partial charge on any atom is -0.352 e. The predicted molar refractivity (Wildman–Crippen MR) is 59.5 cm³/mol. The van der Waals surface area contributed by atoms with Crippen LogP contribution < -0.4 is 11.1 Å². The molecule has 0 aromatic heterocycles. The van der Waals surface area contributed by atoms with Crippen LogP contribution in [0.4, 0.5) is 0 Å². The summed E-state index contributed by atoms with van der Waals surface area (Å²) in [5.74, 6) is -0.0244. The first-order valence-electron chi connectivity index (χ1n) is 5.33. The minimum absolute atomic E-state index is 0.0244. The second kappa shape index (κ2) is 3.66. The first-order chi connectivity index (χ1) is 7.15. The van der Waals surface area contributed by atoms with E-state index >= 15 is 0 Å². The van der Waals surface area contributed by atoms with Gasteiger partial charge < -0.3 is 11.1 Å². The Bertz CT molecular complexity index is 383. The molecule has 0 aliphatic heterocycles. The molecule has 1 aromatic carbocycles. The third-order valence-corrected chi connectivity index (χ3v) is 2.83. The van der Waals surface area contributed by atoms with Gasteiger partial charge in [-0.15, -0.1) is 0 Å². The zero-order valence-corrected chi connectivity index (χ0v) is 8.92. The molecule has 1 aromatic rings. The van der Waals surface area contributed by atoms with Gasteiger partial charge in [0.15, 0.2) is 0 Å². The number of nitrogens with two attached hydrogens (primary N) is 1. The average molecular weight is 204 g/mol. The first kappa shape index (κ1) is 10.2. The summed E-state index contributed by atoms with van der Waals surface area (Å²) in [7, 11) is 0. The predicted octanol–water partition coefficient (Wildman–Crippen LogP) is 1.38. The summed E-state index contributed by atoms with van der Waals surface area (Å²) in [6, 6.07) is 7.61. The van der Waals surface area contributed by atoms with Crippen LogP contribution in [0, 0.1) is 0 Å². The van der Waals surface area contributed by atoms with Crippen LogP contribution in [-0.4, -0.2) is 12.5 Å². The second-order valence-electron chi connectivity index (χ2n) is 4.10. The Labute approximate surface area is 89.7 Å². The zero-order chi connectivity index (χ0) is 10.9. The number of benzene rings is 1. The van der Waals surface area contributed by atoms with Crippen molar-refractivity contribution >= 4 is 5.91 Å². The molecule has 0 saturated heterocycles. The highest BCUT2D eigenvalue weighted by atomic mass is 16.1. The van der Waals surface area contributed by atoms with Crippen LogP contribution in [0.2, 0.25) is 0 Å². The van der Waals surface area contributed by atoms with Crippen LogP contribution in [0.3, 0.4) is 0 Å². The van der Waals surface area contributed by atoms with Crippen molar-refractivity contribution in [3.8, 4) is 0 Å². The van der Waals surface area contributed by atoms with E-state index in [4.69, 9.17) is 5.73 Å². The standard InChI is InChI=1S/C12H16N2O/c1-2-14-11(15)9-4-3-5-10(8-9)12(13)6-7-12/h3-5,8H,2,6-7,13H2,1H3,(H,14,15). The van der Waals surface area contributed by atoms with Gasteiger partial charge >= 0.3 is 0 Å². The molecule has 3 heteroatoms. The molecule has 0 bridgehead atoms. The number of carbonyl (C=O) groups is 1. The SMILES string of the molecule is CCNC(=O)c1cccc(C2(N)CC2)c1. The summed E-state index contributed by atoms with van der Waals surface area (Å²) in [6.07, 6.45) is 2.04. The molecular weight excluding hydrogens is 188 g/mol. The first-order valence-corrected chi connectivity index (χ1v) is 5.33. The third kappa shape index (κ3) is 2.02. The van der Waals surface area contributed by atoms with Crippen molar-refractivity contribution in [1.29, 1.82) is 0 Å². The van der Waals surface area contributed by atoms with Crippen molar-refractivity contribution in [2.75, 3.05) is 6.54 Å². The monoisotopic (exact) mass is 204 g/mol. The topological polar surface area (TPSA) is 55.1 Å². The molecule has 0 unspecified atom stereocenters. The van der Waals surface area contributed by atoms with Crippen LogP contribution in [0.25, 0.3) is 0 Å². The maximum Gasteiger partial charge on any atom is 0.251 e. The Balaban J connectivity index is 2.23. The molecule has 0 spiro atoms. The number of carbonyl (C=O) groups excluding carboxylic acids is 1. The molecule has 15 heavy (non-hydrogen) atoms. The van der Waals surface area contributed by atoms with Gasteiger partial charge in [0.1, 0.15) is 0 Å². The van der Waals surface area contributed by atoms with Gasteiger partial charge in [-0.05, 0) is 37.5 Å². The summed E-state index contributed by atoms with van der Waals surface area (Å²) in [6.45, 7) is 2.56. The maximum atomic E-state index is 11.6. The second-order valence-corrected chi connectivity index (χ2v) is 4.10. The Morgan fingerprint density at radius 2 is 2.27 bits per heavy atom. The molecule has 3 N–H and O–H groups in total. The molecule has 3 nitrogen and oxygen atoms in total. The molecule has 1 fully saturated rings. The van der Waals surface area contributed by atoms with Gasteiger partial charge in [0.2, 0.25) is 0 Å². The quantitative estimate of drug-likeness (QED) is 0.781. The maximum absolute atomic E-state index is 11.6. The van der Waals surface area contributed by atoms with Gasteiger partial charge in [-0.1, -0.05) is 12.1 Å². The Hall–Kier alpha value is -1.35. The lowest BCUT2D eigenvalue weighted by molar-refractivity contribution is 0.0955. The Morgan fingerprint density at radius 3 is 2.87 bits per heavy atom. The van der Waals surface area contributed by atoms with Gasteiger partial charge in [0.25, 0.3) is 5.91 Å². The number of amides is 1. The van der Waals surface area contributed by atoms with Crippen LogP contribution in [0.1, 0.15) is 35.7 Å². The number of nitrogens with one attached hydrogen (secondary N) is 1. The number of rotatable bonds is 3. The fourth-order valence-electron chi connectivity index (χ4n) is 1.66. The van der Waals surface area contributed by atoms with E-state index in [9.17, 15) is 4.79 Å². The van der Waals surface area contributed by atoms with Crippen molar-refractivity contribution in [3.05, 3.63) is 35.4 Å². The van der Waals surface area contributed by atoms with E-state index in [1.54, 1.807) is 0 Å². The Kier molecular flexibility index (Phi) is 2.49. The molecule has 1 aliphatic carbocycles. The summed E-state index contributed by atoms with van der Waals surface area (Å²) < 4.78 is 0. The highest BCUT2D eigenvalue weighted by Crippen LogP contribution is 2.42. The van der Waals surface area contributed by atoms with E-state index in [0.29, 0.717) is 12.1 Å². The van der Waals surface area contributed by atoms with Crippen molar-refractivity contribution in [3.63, 3.8) is 0 Å². The summed E-state index contributed by atoms with van der Waals surface area (Å²) in [5, 5.41) is 2.78. The van der Waals surface area contributed by atoms with Crippen LogP contribution in [0.5, 0.6) is 0 Å². The lowest BCUT2D eigenvalue weighted by Crippen LogP contribution is -2.24. The molecule has 1 aliphatic rings. The molecule has 0 atom stereocenters. The van der Waals surface area contributed by atoms with Crippen molar-refractivity contribution in [2.45, 2.75) is 25.3 Å². The molecule has 0 heterocycles. The largest absolute Gasteiger partial charge is 0.352 e. The summed E-state index contributed by atoms with van der Waals surface area (Å²) in [5.41, 5.74) is 7.69. The Morgan fingerprint density at radius 1 is 1.53 bits per heavy atom. The minimum atomic E-state index is -0.164. The van der Waals surface area contributed by atoms with E-state index in [0.717, 1.165) is 18.4 Å². The highest BCUT2D eigenvalue weighted by molar-refractivity contribution is 5.94. The lowest BCUT2D eigenvalue weighted by atomic mass is 10.0. The van der Waals surface area contributed by atoms with Gasteiger partial charge in [-0.3, -0.25) is 4.79 Å². The van der Waals surface area contributed by atoms with Crippen LogP contribution in [-0.2, 0) is 5.54 Å². The van der Waals surface area contributed by atoms with Crippen molar-refractivity contribution < 1.29 is 4.79 Å². The normalized spacial score (nSPS) is 17.2. The van der Waals surface area contributed by atoms with Gasteiger partial charge in [0.05, 0.1) is 0 Å². The number of hydrogen-bond donors (Lipinski definition) is 2.